The maximum atomic E-state index is 4.61. The summed E-state index contributed by atoms with van der Waals surface area (Å²) in [7, 11) is 0. The van der Waals surface area contributed by atoms with E-state index in [0.717, 1.165) is 22.2 Å². The fourth-order valence-corrected chi connectivity index (χ4v) is 5.70. The Morgan fingerprint density at radius 1 is 0.725 bits per heavy atom. The minimum absolute atomic E-state index is 0. The first-order chi connectivity index (χ1) is 18.8. The Balaban J connectivity index is 0.000000160. The Labute approximate surface area is 250 Å². The van der Waals surface area contributed by atoms with E-state index in [4.69, 9.17) is 0 Å². The van der Waals surface area contributed by atoms with Crippen molar-refractivity contribution in [3.8, 4) is 11.3 Å². The van der Waals surface area contributed by atoms with E-state index in [1.807, 2.05) is 36.9 Å². The second-order valence-corrected chi connectivity index (χ2v) is 11.6. The zero-order valence-corrected chi connectivity index (χ0v) is 26.2. The summed E-state index contributed by atoms with van der Waals surface area (Å²) in [6.07, 6.45) is 7.81. The molecule has 3 aromatic heterocycles. The third-order valence-electron chi connectivity index (χ3n) is 8.11. The molecule has 4 heteroatoms. The third-order valence-corrected chi connectivity index (χ3v) is 8.11. The van der Waals surface area contributed by atoms with E-state index in [0.29, 0.717) is 11.8 Å². The largest absolute Gasteiger partial charge is 0.304 e. The molecule has 7 rings (SSSR count). The molecule has 0 spiro atoms. The fourth-order valence-electron chi connectivity index (χ4n) is 5.70. The number of pyridine rings is 3. The monoisotopic (exact) mass is 700 g/mol. The average Bonchev–Trinajstić information content (AvgIpc) is 3.20. The summed E-state index contributed by atoms with van der Waals surface area (Å²) >= 11 is 0. The van der Waals surface area contributed by atoms with Gasteiger partial charge in [0.1, 0.15) is 0 Å². The van der Waals surface area contributed by atoms with Crippen LogP contribution in [-0.4, -0.2) is 15.0 Å². The molecule has 0 saturated carbocycles. The van der Waals surface area contributed by atoms with Crippen LogP contribution in [0.3, 0.4) is 0 Å². The fraction of sp³-hybridized carbons (Fsp3) is 0.250. The molecule has 1 aliphatic rings. The van der Waals surface area contributed by atoms with Gasteiger partial charge in [0.15, 0.2) is 0 Å². The van der Waals surface area contributed by atoms with E-state index in [1.54, 1.807) is 0 Å². The molecule has 0 unspecified atom stereocenters. The van der Waals surface area contributed by atoms with Crippen LogP contribution < -0.4 is 0 Å². The first-order valence-corrected chi connectivity index (χ1v) is 13.7. The van der Waals surface area contributed by atoms with Gasteiger partial charge >= 0.3 is 0 Å². The molecule has 0 N–H and O–H groups in total. The van der Waals surface area contributed by atoms with E-state index in [1.165, 1.54) is 43.8 Å². The van der Waals surface area contributed by atoms with Gasteiger partial charge in [-0.3, -0.25) is 4.98 Å². The van der Waals surface area contributed by atoms with Gasteiger partial charge in [-0.05, 0) is 55.9 Å². The molecule has 0 atom stereocenters. The van der Waals surface area contributed by atoms with E-state index in [2.05, 4.69) is 111 Å². The Hall–Kier alpha value is -3.46. The molecule has 0 aliphatic heterocycles. The van der Waals surface area contributed by atoms with Crippen LogP contribution in [0.4, 0.5) is 0 Å². The molecular weight excluding hydrogens is 667 g/mol. The molecule has 0 saturated heterocycles. The first-order valence-electron chi connectivity index (χ1n) is 13.7. The van der Waals surface area contributed by atoms with Crippen molar-refractivity contribution in [1.82, 2.24) is 15.0 Å². The van der Waals surface area contributed by atoms with E-state index in [-0.39, 0.29) is 25.5 Å². The summed E-state index contributed by atoms with van der Waals surface area (Å²) in [4.78, 5) is 13.6. The minimum Gasteiger partial charge on any atom is -0.304 e. The van der Waals surface area contributed by atoms with Crippen molar-refractivity contribution in [3.05, 3.63) is 114 Å². The van der Waals surface area contributed by atoms with Gasteiger partial charge < -0.3 is 9.97 Å². The predicted molar refractivity (Wildman–Crippen MR) is 162 cm³/mol. The minimum atomic E-state index is -0.0143. The standard InChI is InChI=1S/C19H13N2.C17H20N.Ir/c1-19(2)14-7-3-5-12-16(14)17-13(9-20-10-15(17)19)11-6-4-8-21-18(11)12;1-12(2)14-5-7-15(8-6-14)17-10-9-16(11-18-17)13(3)4;/h3-4,6-10H,1-2H3;5-7,9-13H,1-4H3;/q2*-1;. The van der Waals surface area contributed by atoms with Crippen LogP contribution >= 0.6 is 0 Å². The Kier molecular flexibility index (Phi) is 7.61. The zero-order valence-electron chi connectivity index (χ0n) is 23.8. The quantitative estimate of drug-likeness (QED) is 0.137. The summed E-state index contributed by atoms with van der Waals surface area (Å²) in [5, 5.41) is 6.14. The second kappa shape index (κ2) is 10.8. The zero-order chi connectivity index (χ0) is 27.3. The molecule has 203 valence electrons. The Morgan fingerprint density at radius 2 is 1.50 bits per heavy atom. The smallest absolute Gasteiger partial charge is 0.0337 e. The normalized spacial score (nSPS) is 13.2. The van der Waals surface area contributed by atoms with Crippen molar-refractivity contribution >= 4 is 32.4 Å². The molecule has 0 bridgehead atoms. The van der Waals surface area contributed by atoms with Crippen LogP contribution in [0.25, 0.3) is 43.7 Å². The molecular formula is C36H33IrN3-2. The molecule has 40 heavy (non-hydrogen) atoms. The second-order valence-electron chi connectivity index (χ2n) is 11.6. The van der Waals surface area contributed by atoms with Crippen LogP contribution in [0.2, 0.25) is 0 Å². The van der Waals surface area contributed by atoms with Crippen LogP contribution in [-0.2, 0) is 25.5 Å². The van der Waals surface area contributed by atoms with Crippen LogP contribution in [0.15, 0.2) is 79.4 Å². The molecule has 0 fully saturated rings. The van der Waals surface area contributed by atoms with Gasteiger partial charge in [0.25, 0.3) is 0 Å². The summed E-state index contributed by atoms with van der Waals surface area (Å²) in [5.41, 5.74) is 8.33. The van der Waals surface area contributed by atoms with E-state index in [9.17, 15) is 0 Å². The molecule has 1 aliphatic carbocycles. The van der Waals surface area contributed by atoms with Gasteiger partial charge in [-0.25, -0.2) is 0 Å². The molecule has 6 aromatic rings. The van der Waals surface area contributed by atoms with Crippen LogP contribution in [0.5, 0.6) is 0 Å². The average molecular weight is 700 g/mol. The number of hydrogen-bond donors (Lipinski definition) is 0. The van der Waals surface area contributed by atoms with Crippen molar-refractivity contribution in [2.45, 2.75) is 58.8 Å². The van der Waals surface area contributed by atoms with E-state index < -0.39 is 0 Å². The summed E-state index contributed by atoms with van der Waals surface area (Å²) in [6.45, 7) is 13.3. The third kappa shape index (κ3) is 4.64. The maximum absolute atomic E-state index is 4.61. The van der Waals surface area contributed by atoms with Gasteiger partial charge in [-0.1, -0.05) is 71.0 Å². The van der Waals surface area contributed by atoms with Gasteiger partial charge in [-0.15, -0.1) is 64.5 Å². The van der Waals surface area contributed by atoms with Crippen molar-refractivity contribution < 1.29 is 20.1 Å². The Bertz CT molecular complexity index is 1680. The van der Waals surface area contributed by atoms with E-state index >= 15 is 0 Å². The SMILES string of the molecule is CC(C)c1c[c-]c(-c2ccc(C(C)C)cn2)cc1.CC1(C)c2cc[c-]c3c4ncccc4c4cncc1c4c23.[Ir]. The molecule has 3 heterocycles. The topological polar surface area (TPSA) is 38.7 Å². The number of rotatable bonds is 3. The van der Waals surface area contributed by atoms with Crippen LogP contribution in [0.1, 0.15) is 75.6 Å². The van der Waals surface area contributed by atoms with Crippen molar-refractivity contribution in [2.75, 3.05) is 0 Å². The number of hydrogen-bond acceptors (Lipinski definition) is 3. The Morgan fingerprint density at radius 3 is 2.17 bits per heavy atom. The molecule has 3 nitrogen and oxygen atoms in total. The summed E-state index contributed by atoms with van der Waals surface area (Å²) < 4.78 is 0. The van der Waals surface area contributed by atoms with Crippen molar-refractivity contribution in [3.63, 3.8) is 0 Å². The number of fused-ring (bicyclic) bond motifs is 3. The first kappa shape index (κ1) is 28.1. The maximum Gasteiger partial charge on any atom is 0.0337 e. The predicted octanol–water partition coefficient (Wildman–Crippen LogP) is 9.17. The summed E-state index contributed by atoms with van der Waals surface area (Å²) in [5.74, 6) is 1.07. The van der Waals surface area contributed by atoms with Crippen molar-refractivity contribution in [2.24, 2.45) is 0 Å². The van der Waals surface area contributed by atoms with Gasteiger partial charge in [0, 0.05) is 44.9 Å². The summed E-state index contributed by atoms with van der Waals surface area (Å²) in [6, 6.07) is 25.6. The van der Waals surface area contributed by atoms with Gasteiger partial charge in [-0.2, -0.15) is 0 Å². The van der Waals surface area contributed by atoms with Gasteiger partial charge in [0.2, 0.25) is 0 Å². The number of benzene rings is 3. The van der Waals surface area contributed by atoms with Gasteiger partial charge in [0.05, 0.1) is 0 Å². The molecule has 0 amide bonds. The number of aromatic nitrogens is 3. The molecule has 1 radical (unpaired) electrons. The number of nitrogens with zero attached hydrogens (tertiary/aromatic N) is 3. The van der Waals surface area contributed by atoms with Crippen molar-refractivity contribution in [1.29, 1.82) is 0 Å². The molecule has 3 aromatic carbocycles. The van der Waals surface area contributed by atoms with Crippen LogP contribution in [0, 0.1) is 12.1 Å².